The first kappa shape index (κ1) is 13.1. The number of ether oxygens (including phenoxy) is 1. The molecular weight excluding hydrogens is 266 g/mol. The lowest BCUT2D eigenvalue weighted by molar-refractivity contribution is 0.142. The van der Waals surface area contributed by atoms with Gasteiger partial charge in [-0.05, 0) is 6.07 Å². The Bertz CT molecular complexity index is 507. The third-order valence-corrected chi connectivity index (χ3v) is 2.82. The molecule has 0 radical (unpaired) electrons. The highest BCUT2D eigenvalue weighted by Gasteiger charge is 2.27. The number of methoxy groups -OCH3 is 1. The Hall–Kier alpha value is -0.990. The standard InChI is InChI=1S/C7H7ClF2N2O3S/c1-15-7-5(6(9)10)3(16(11,13)14)2-4(8)12-7/h2,6H,1H3,(H2,11,13,14). The van der Waals surface area contributed by atoms with Gasteiger partial charge < -0.3 is 4.74 Å². The van der Waals surface area contributed by atoms with Crippen LogP contribution in [-0.2, 0) is 10.0 Å². The second-order valence-electron chi connectivity index (χ2n) is 2.71. The Labute approximate surface area is 95.2 Å². The smallest absolute Gasteiger partial charge is 0.270 e. The summed E-state index contributed by atoms with van der Waals surface area (Å²) < 4.78 is 52.0. The lowest BCUT2D eigenvalue weighted by atomic mass is 10.3. The monoisotopic (exact) mass is 272 g/mol. The Kier molecular flexibility index (Phi) is 3.66. The van der Waals surface area contributed by atoms with E-state index in [1.165, 1.54) is 0 Å². The molecule has 1 aromatic rings. The quantitative estimate of drug-likeness (QED) is 0.842. The van der Waals surface area contributed by atoms with E-state index in [-0.39, 0.29) is 5.15 Å². The molecule has 9 heteroatoms. The van der Waals surface area contributed by atoms with E-state index in [0.29, 0.717) is 0 Å². The topological polar surface area (TPSA) is 82.3 Å². The molecule has 0 amide bonds. The maximum absolute atomic E-state index is 12.7. The summed E-state index contributed by atoms with van der Waals surface area (Å²) in [6.07, 6.45) is -3.09. The third kappa shape index (κ3) is 2.57. The number of hydrogen-bond donors (Lipinski definition) is 1. The van der Waals surface area contributed by atoms with E-state index in [4.69, 9.17) is 16.7 Å². The van der Waals surface area contributed by atoms with Crippen LogP contribution >= 0.6 is 11.6 Å². The van der Waals surface area contributed by atoms with Gasteiger partial charge in [-0.1, -0.05) is 11.6 Å². The van der Waals surface area contributed by atoms with Crippen LogP contribution in [-0.4, -0.2) is 20.5 Å². The van der Waals surface area contributed by atoms with Crippen molar-refractivity contribution < 1.29 is 21.9 Å². The zero-order valence-electron chi connectivity index (χ0n) is 7.95. The average Bonchev–Trinajstić information content (AvgIpc) is 2.14. The molecule has 0 aliphatic carbocycles. The number of nitrogens with two attached hydrogens (primary N) is 1. The van der Waals surface area contributed by atoms with E-state index in [9.17, 15) is 17.2 Å². The molecule has 0 aliphatic rings. The molecule has 16 heavy (non-hydrogen) atoms. The van der Waals surface area contributed by atoms with Crippen molar-refractivity contribution in [1.29, 1.82) is 0 Å². The van der Waals surface area contributed by atoms with E-state index in [0.717, 1.165) is 13.2 Å². The Balaban J connectivity index is 3.64. The van der Waals surface area contributed by atoms with Crippen LogP contribution in [0.4, 0.5) is 8.78 Å². The van der Waals surface area contributed by atoms with Gasteiger partial charge in [0.15, 0.2) is 0 Å². The fraction of sp³-hybridized carbons (Fsp3) is 0.286. The number of primary sulfonamides is 1. The van der Waals surface area contributed by atoms with Gasteiger partial charge in [-0.3, -0.25) is 0 Å². The second-order valence-corrected chi connectivity index (χ2v) is 4.63. The predicted octanol–water partition coefficient (Wildman–Crippen LogP) is 1.33. The van der Waals surface area contributed by atoms with Crippen LogP contribution in [0, 0.1) is 0 Å². The predicted molar refractivity (Wildman–Crippen MR) is 52.1 cm³/mol. The molecule has 2 N–H and O–H groups in total. The summed E-state index contributed by atoms with van der Waals surface area (Å²) in [6, 6.07) is 0.751. The summed E-state index contributed by atoms with van der Waals surface area (Å²) in [5, 5.41) is 4.48. The largest absolute Gasteiger partial charge is 0.481 e. The van der Waals surface area contributed by atoms with Crippen molar-refractivity contribution in [2.75, 3.05) is 7.11 Å². The van der Waals surface area contributed by atoms with Crippen molar-refractivity contribution in [3.63, 3.8) is 0 Å². The van der Waals surface area contributed by atoms with Crippen LogP contribution < -0.4 is 9.88 Å². The average molecular weight is 273 g/mol. The van der Waals surface area contributed by atoms with Gasteiger partial charge in [0.25, 0.3) is 6.43 Å². The van der Waals surface area contributed by atoms with Gasteiger partial charge in [0.1, 0.15) is 5.15 Å². The van der Waals surface area contributed by atoms with Gasteiger partial charge in [0.2, 0.25) is 15.9 Å². The number of aromatic nitrogens is 1. The van der Waals surface area contributed by atoms with Crippen LogP contribution in [0.3, 0.4) is 0 Å². The van der Waals surface area contributed by atoms with E-state index in [1.54, 1.807) is 0 Å². The normalized spacial score (nSPS) is 11.9. The van der Waals surface area contributed by atoms with E-state index < -0.39 is 32.8 Å². The van der Waals surface area contributed by atoms with Crippen molar-refractivity contribution in [3.05, 3.63) is 16.8 Å². The highest BCUT2D eigenvalue weighted by molar-refractivity contribution is 7.89. The SMILES string of the molecule is COc1nc(Cl)cc(S(N)(=O)=O)c1C(F)F. The van der Waals surface area contributed by atoms with Gasteiger partial charge in [0.05, 0.1) is 17.6 Å². The van der Waals surface area contributed by atoms with Crippen LogP contribution in [0.15, 0.2) is 11.0 Å². The highest BCUT2D eigenvalue weighted by atomic mass is 35.5. The zero-order valence-corrected chi connectivity index (χ0v) is 9.52. The zero-order chi connectivity index (χ0) is 12.5. The summed E-state index contributed by atoms with van der Waals surface area (Å²) in [6.45, 7) is 0. The minimum atomic E-state index is -4.32. The summed E-state index contributed by atoms with van der Waals surface area (Å²) in [5.74, 6) is -0.563. The molecule has 0 fully saturated rings. The molecule has 1 rings (SSSR count). The molecule has 90 valence electrons. The lowest BCUT2D eigenvalue weighted by Gasteiger charge is -2.11. The van der Waals surface area contributed by atoms with Gasteiger partial charge in [0, 0.05) is 0 Å². The molecule has 0 saturated heterocycles. The van der Waals surface area contributed by atoms with Crippen LogP contribution in [0.5, 0.6) is 5.88 Å². The molecule has 0 atom stereocenters. The molecule has 0 aromatic carbocycles. The lowest BCUT2D eigenvalue weighted by Crippen LogP contribution is -2.16. The molecule has 0 bridgehead atoms. The minimum absolute atomic E-state index is 0.301. The highest BCUT2D eigenvalue weighted by Crippen LogP contribution is 2.34. The molecule has 1 aromatic heterocycles. The summed E-state index contributed by atoms with van der Waals surface area (Å²) in [7, 11) is -3.25. The van der Waals surface area contributed by atoms with Crippen molar-refractivity contribution >= 4 is 21.6 Å². The van der Waals surface area contributed by atoms with Crippen LogP contribution in [0.25, 0.3) is 0 Å². The van der Waals surface area contributed by atoms with E-state index in [1.807, 2.05) is 0 Å². The Morgan fingerprint density at radius 2 is 2.12 bits per heavy atom. The Morgan fingerprint density at radius 3 is 2.50 bits per heavy atom. The molecule has 0 saturated carbocycles. The fourth-order valence-electron chi connectivity index (χ4n) is 1.07. The third-order valence-electron chi connectivity index (χ3n) is 1.67. The number of sulfonamides is 1. The van der Waals surface area contributed by atoms with Crippen LogP contribution in [0.2, 0.25) is 5.15 Å². The van der Waals surface area contributed by atoms with Crippen molar-refractivity contribution in [2.24, 2.45) is 5.14 Å². The molecule has 0 aliphatic heterocycles. The fourth-order valence-corrected chi connectivity index (χ4v) is 2.08. The first-order valence-corrected chi connectivity index (χ1v) is 5.75. The Morgan fingerprint density at radius 1 is 1.56 bits per heavy atom. The molecule has 5 nitrogen and oxygen atoms in total. The van der Waals surface area contributed by atoms with Crippen molar-refractivity contribution in [1.82, 2.24) is 4.98 Å². The number of alkyl halides is 2. The van der Waals surface area contributed by atoms with Gasteiger partial charge in [-0.25, -0.2) is 27.3 Å². The number of nitrogens with zero attached hydrogens (tertiary/aromatic N) is 1. The van der Waals surface area contributed by atoms with Crippen molar-refractivity contribution in [3.8, 4) is 5.88 Å². The van der Waals surface area contributed by atoms with E-state index in [2.05, 4.69) is 9.72 Å². The molecular formula is C7H7ClF2N2O3S. The van der Waals surface area contributed by atoms with Gasteiger partial charge >= 0.3 is 0 Å². The van der Waals surface area contributed by atoms with Gasteiger partial charge in [-0.15, -0.1) is 0 Å². The maximum Gasteiger partial charge on any atom is 0.270 e. The molecule has 0 unspecified atom stereocenters. The van der Waals surface area contributed by atoms with E-state index >= 15 is 0 Å². The summed E-state index contributed by atoms with van der Waals surface area (Å²) in [5.41, 5.74) is -0.894. The first-order valence-electron chi connectivity index (χ1n) is 3.82. The summed E-state index contributed by atoms with van der Waals surface area (Å²) in [4.78, 5) is 2.64. The maximum atomic E-state index is 12.7. The van der Waals surface area contributed by atoms with Crippen LogP contribution in [0.1, 0.15) is 12.0 Å². The number of halogens is 3. The number of hydrogen-bond acceptors (Lipinski definition) is 4. The second kappa shape index (κ2) is 4.48. The minimum Gasteiger partial charge on any atom is -0.481 e. The molecule has 0 spiro atoms. The molecule has 1 heterocycles. The van der Waals surface area contributed by atoms with Crippen molar-refractivity contribution in [2.45, 2.75) is 11.3 Å². The number of rotatable bonds is 3. The number of pyridine rings is 1. The summed E-state index contributed by atoms with van der Waals surface area (Å²) >= 11 is 5.46. The first-order chi connectivity index (χ1) is 7.27. The van der Waals surface area contributed by atoms with Gasteiger partial charge in [-0.2, -0.15) is 0 Å².